The third kappa shape index (κ3) is 4.21. The van der Waals surface area contributed by atoms with E-state index in [1.807, 2.05) is 12.3 Å². The molecule has 0 spiro atoms. The van der Waals surface area contributed by atoms with E-state index in [9.17, 15) is 0 Å². The number of nitrogens with one attached hydrogen (secondary N) is 2. The number of rotatable bonds is 4. The lowest BCUT2D eigenvalue weighted by Gasteiger charge is -2.24. The number of hydrogen-bond acceptors (Lipinski definition) is 2. The SMILES string of the molecule is CCNC(=NCc1cccc2cccnc12)NC1CCCCC1. The highest BCUT2D eigenvalue weighted by molar-refractivity contribution is 5.83. The Labute approximate surface area is 138 Å². The molecule has 1 aliphatic rings. The molecule has 0 radical (unpaired) electrons. The van der Waals surface area contributed by atoms with Crippen molar-refractivity contribution in [1.82, 2.24) is 15.6 Å². The van der Waals surface area contributed by atoms with Crippen molar-refractivity contribution in [2.24, 2.45) is 4.99 Å². The zero-order valence-corrected chi connectivity index (χ0v) is 13.9. The Bertz CT molecular complexity index is 654. The second-order valence-electron chi connectivity index (χ2n) is 6.17. The Hall–Kier alpha value is -2.10. The fraction of sp³-hybridized carbons (Fsp3) is 0.474. The number of para-hydroxylation sites is 1. The van der Waals surface area contributed by atoms with Crippen LogP contribution in [0, 0.1) is 0 Å². The fourth-order valence-electron chi connectivity index (χ4n) is 3.22. The molecule has 23 heavy (non-hydrogen) atoms. The average Bonchev–Trinajstić information content (AvgIpc) is 2.61. The molecule has 1 aromatic carbocycles. The van der Waals surface area contributed by atoms with Gasteiger partial charge in [-0.25, -0.2) is 4.99 Å². The van der Waals surface area contributed by atoms with Gasteiger partial charge >= 0.3 is 0 Å². The second-order valence-corrected chi connectivity index (χ2v) is 6.17. The van der Waals surface area contributed by atoms with Gasteiger partial charge in [-0.2, -0.15) is 0 Å². The van der Waals surface area contributed by atoms with E-state index in [1.165, 1.54) is 43.1 Å². The Morgan fingerprint density at radius 2 is 2.00 bits per heavy atom. The molecule has 0 atom stereocenters. The summed E-state index contributed by atoms with van der Waals surface area (Å²) < 4.78 is 0. The molecule has 2 aromatic rings. The van der Waals surface area contributed by atoms with E-state index < -0.39 is 0 Å². The molecule has 1 heterocycles. The Kier molecular flexibility index (Phi) is 5.46. The molecule has 0 unspecified atom stereocenters. The Morgan fingerprint density at radius 3 is 2.83 bits per heavy atom. The van der Waals surface area contributed by atoms with Crippen LogP contribution in [0.15, 0.2) is 41.5 Å². The monoisotopic (exact) mass is 310 g/mol. The topological polar surface area (TPSA) is 49.3 Å². The van der Waals surface area contributed by atoms with Crippen LogP contribution in [0.5, 0.6) is 0 Å². The molecule has 2 N–H and O–H groups in total. The first-order chi connectivity index (χ1) is 11.4. The molecule has 122 valence electrons. The van der Waals surface area contributed by atoms with Gasteiger partial charge in [-0.15, -0.1) is 0 Å². The van der Waals surface area contributed by atoms with Crippen LogP contribution >= 0.6 is 0 Å². The maximum Gasteiger partial charge on any atom is 0.191 e. The van der Waals surface area contributed by atoms with Gasteiger partial charge in [0.1, 0.15) is 0 Å². The standard InChI is InChI=1S/C19H26N4/c1-2-20-19(23-17-11-4-3-5-12-17)22-14-16-9-6-8-15-10-7-13-21-18(15)16/h6-10,13,17H,2-5,11-12,14H2,1H3,(H2,20,22,23). The summed E-state index contributed by atoms with van der Waals surface area (Å²) in [4.78, 5) is 9.29. The fourth-order valence-corrected chi connectivity index (χ4v) is 3.22. The predicted molar refractivity (Wildman–Crippen MR) is 96.6 cm³/mol. The Morgan fingerprint density at radius 1 is 1.17 bits per heavy atom. The minimum atomic E-state index is 0.562. The van der Waals surface area contributed by atoms with E-state index >= 15 is 0 Å². The minimum absolute atomic E-state index is 0.562. The molecule has 4 nitrogen and oxygen atoms in total. The molecule has 0 saturated heterocycles. The number of hydrogen-bond donors (Lipinski definition) is 2. The molecule has 1 aromatic heterocycles. The van der Waals surface area contributed by atoms with Gasteiger partial charge in [-0.1, -0.05) is 43.5 Å². The second kappa shape index (κ2) is 7.95. The molecule has 0 bridgehead atoms. The van der Waals surface area contributed by atoms with Gasteiger partial charge in [0.25, 0.3) is 0 Å². The van der Waals surface area contributed by atoms with Crippen molar-refractivity contribution < 1.29 is 0 Å². The normalized spacial score (nSPS) is 16.5. The summed E-state index contributed by atoms with van der Waals surface area (Å²) in [6.07, 6.45) is 8.36. The lowest BCUT2D eigenvalue weighted by atomic mass is 9.96. The molecule has 1 fully saturated rings. The summed E-state index contributed by atoms with van der Waals surface area (Å²) >= 11 is 0. The van der Waals surface area contributed by atoms with Crippen LogP contribution in [0.4, 0.5) is 0 Å². The third-order valence-electron chi connectivity index (χ3n) is 4.41. The summed E-state index contributed by atoms with van der Waals surface area (Å²) in [5.41, 5.74) is 2.22. The van der Waals surface area contributed by atoms with Crippen LogP contribution in [-0.2, 0) is 6.54 Å². The van der Waals surface area contributed by atoms with Crippen molar-refractivity contribution in [2.45, 2.75) is 51.6 Å². The summed E-state index contributed by atoms with van der Waals surface area (Å²) in [5, 5.41) is 8.13. The van der Waals surface area contributed by atoms with E-state index in [0.717, 1.165) is 18.0 Å². The first-order valence-electron chi connectivity index (χ1n) is 8.74. The van der Waals surface area contributed by atoms with Gasteiger partial charge in [-0.05, 0) is 31.4 Å². The number of nitrogens with zero attached hydrogens (tertiary/aromatic N) is 2. The maximum atomic E-state index is 4.78. The molecular formula is C19H26N4. The van der Waals surface area contributed by atoms with Gasteiger partial charge < -0.3 is 10.6 Å². The van der Waals surface area contributed by atoms with Crippen molar-refractivity contribution >= 4 is 16.9 Å². The first kappa shape index (κ1) is 15.8. The van der Waals surface area contributed by atoms with Gasteiger partial charge in [-0.3, -0.25) is 4.98 Å². The molecule has 4 heteroatoms. The lowest BCUT2D eigenvalue weighted by Crippen LogP contribution is -2.44. The van der Waals surface area contributed by atoms with Crippen molar-refractivity contribution in [3.8, 4) is 0 Å². The molecule has 1 aliphatic carbocycles. The average molecular weight is 310 g/mol. The van der Waals surface area contributed by atoms with Crippen LogP contribution in [0.1, 0.15) is 44.6 Å². The zero-order chi connectivity index (χ0) is 15.9. The van der Waals surface area contributed by atoms with Gasteiger partial charge in [0, 0.05) is 24.2 Å². The minimum Gasteiger partial charge on any atom is -0.357 e. The van der Waals surface area contributed by atoms with Gasteiger partial charge in [0.15, 0.2) is 5.96 Å². The van der Waals surface area contributed by atoms with Crippen molar-refractivity contribution in [2.75, 3.05) is 6.54 Å². The van der Waals surface area contributed by atoms with Crippen molar-refractivity contribution in [1.29, 1.82) is 0 Å². The van der Waals surface area contributed by atoms with Gasteiger partial charge in [0.2, 0.25) is 0 Å². The predicted octanol–water partition coefficient (Wildman–Crippen LogP) is 3.62. The first-order valence-corrected chi connectivity index (χ1v) is 8.74. The molecule has 0 aliphatic heterocycles. The van der Waals surface area contributed by atoms with E-state index in [2.05, 4.69) is 46.8 Å². The summed E-state index contributed by atoms with van der Waals surface area (Å²) in [5.74, 6) is 0.923. The number of benzene rings is 1. The number of guanidine groups is 1. The molecule has 1 saturated carbocycles. The van der Waals surface area contributed by atoms with Crippen LogP contribution in [0.25, 0.3) is 10.9 Å². The summed E-state index contributed by atoms with van der Waals surface area (Å²) in [6.45, 7) is 3.64. The van der Waals surface area contributed by atoms with E-state index in [4.69, 9.17) is 4.99 Å². The van der Waals surface area contributed by atoms with Crippen molar-refractivity contribution in [3.63, 3.8) is 0 Å². The molecular weight excluding hydrogens is 284 g/mol. The number of pyridine rings is 1. The van der Waals surface area contributed by atoms with Crippen LogP contribution in [-0.4, -0.2) is 23.5 Å². The lowest BCUT2D eigenvalue weighted by molar-refractivity contribution is 0.410. The highest BCUT2D eigenvalue weighted by Crippen LogP contribution is 2.18. The van der Waals surface area contributed by atoms with E-state index in [-0.39, 0.29) is 0 Å². The number of aliphatic imine (C=N–C) groups is 1. The highest BCUT2D eigenvalue weighted by Gasteiger charge is 2.14. The molecule has 0 amide bonds. The third-order valence-corrected chi connectivity index (χ3v) is 4.41. The number of fused-ring (bicyclic) bond motifs is 1. The zero-order valence-electron chi connectivity index (χ0n) is 13.9. The van der Waals surface area contributed by atoms with Crippen LogP contribution in [0.3, 0.4) is 0 Å². The number of aromatic nitrogens is 1. The van der Waals surface area contributed by atoms with E-state index in [1.54, 1.807) is 0 Å². The maximum absolute atomic E-state index is 4.78. The van der Waals surface area contributed by atoms with E-state index in [0.29, 0.717) is 12.6 Å². The smallest absolute Gasteiger partial charge is 0.191 e. The summed E-state index contributed by atoms with van der Waals surface area (Å²) in [7, 11) is 0. The Balaban J connectivity index is 1.73. The summed E-state index contributed by atoms with van der Waals surface area (Å²) in [6, 6.07) is 10.9. The molecule has 3 rings (SSSR count). The highest BCUT2D eigenvalue weighted by atomic mass is 15.2. The quantitative estimate of drug-likeness (QED) is 0.670. The largest absolute Gasteiger partial charge is 0.357 e. The van der Waals surface area contributed by atoms with Gasteiger partial charge in [0.05, 0.1) is 12.1 Å². The van der Waals surface area contributed by atoms with Crippen LogP contribution < -0.4 is 10.6 Å². The van der Waals surface area contributed by atoms with Crippen LogP contribution in [0.2, 0.25) is 0 Å². The van der Waals surface area contributed by atoms with Crippen molar-refractivity contribution in [3.05, 3.63) is 42.1 Å².